The number of piperidine rings is 1. The standard InChI is InChI=1S/C11H18N4O/c1-2-15-10(11(12)16)7-9(14-15)8-5-3-4-6-13-8/h7-8,13H,2-6H2,1H3,(H2,12,16)/t8-/m0/s1. The first-order valence-corrected chi connectivity index (χ1v) is 5.83. The van der Waals surface area contributed by atoms with E-state index in [0.717, 1.165) is 18.7 Å². The summed E-state index contributed by atoms with van der Waals surface area (Å²) in [5.41, 5.74) is 6.76. The van der Waals surface area contributed by atoms with E-state index in [-0.39, 0.29) is 6.04 Å². The minimum Gasteiger partial charge on any atom is -0.364 e. The Bertz CT molecular complexity index is 379. The molecule has 1 aromatic heterocycles. The van der Waals surface area contributed by atoms with Gasteiger partial charge in [-0.1, -0.05) is 6.42 Å². The molecule has 5 nitrogen and oxygen atoms in total. The summed E-state index contributed by atoms with van der Waals surface area (Å²) in [6.45, 7) is 3.65. The van der Waals surface area contributed by atoms with E-state index in [1.54, 1.807) is 4.68 Å². The molecule has 1 amide bonds. The van der Waals surface area contributed by atoms with Crippen LogP contribution in [0.25, 0.3) is 0 Å². The monoisotopic (exact) mass is 222 g/mol. The van der Waals surface area contributed by atoms with Crippen LogP contribution >= 0.6 is 0 Å². The number of aryl methyl sites for hydroxylation is 1. The molecule has 0 bridgehead atoms. The number of aromatic nitrogens is 2. The zero-order valence-electron chi connectivity index (χ0n) is 9.57. The molecular formula is C11H18N4O. The van der Waals surface area contributed by atoms with E-state index in [9.17, 15) is 4.79 Å². The molecular weight excluding hydrogens is 204 g/mol. The molecule has 0 radical (unpaired) electrons. The van der Waals surface area contributed by atoms with Crippen LogP contribution in [0.15, 0.2) is 6.07 Å². The van der Waals surface area contributed by atoms with Crippen LogP contribution in [-0.2, 0) is 6.54 Å². The Morgan fingerprint density at radius 2 is 2.50 bits per heavy atom. The van der Waals surface area contributed by atoms with Gasteiger partial charge in [-0.3, -0.25) is 9.48 Å². The third-order valence-electron chi connectivity index (χ3n) is 3.02. The minimum atomic E-state index is -0.406. The Kier molecular flexibility index (Phi) is 3.24. The number of nitrogens with two attached hydrogens (primary N) is 1. The van der Waals surface area contributed by atoms with Crippen molar-refractivity contribution in [2.75, 3.05) is 6.54 Å². The molecule has 0 unspecified atom stereocenters. The average Bonchev–Trinajstić information content (AvgIpc) is 2.74. The van der Waals surface area contributed by atoms with E-state index >= 15 is 0 Å². The Labute approximate surface area is 95.0 Å². The lowest BCUT2D eigenvalue weighted by Crippen LogP contribution is -2.27. The van der Waals surface area contributed by atoms with Crippen molar-refractivity contribution in [2.24, 2.45) is 5.73 Å². The number of nitrogens with one attached hydrogen (secondary N) is 1. The number of hydrogen-bond acceptors (Lipinski definition) is 3. The average molecular weight is 222 g/mol. The van der Waals surface area contributed by atoms with E-state index < -0.39 is 5.91 Å². The molecule has 2 heterocycles. The number of primary amides is 1. The van der Waals surface area contributed by atoms with Gasteiger partial charge >= 0.3 is 0 Å². The van der Waals surface area contributed by atoms with Gasteiger partial charge in [0.2, 0.25) is 0 Å². The van der Waals surface area contributed by atoms with Crippen LogP contribution in [0, 0.1) is 0 Å². The van der Waals surface area contributed by atoms with Crippen molar-refractivity contribution in [3.8, 4) is 0 Å². The Morgan fingerprint density at radius 3 is 3.00 bits per heavy atom. The van der Waals surface area contributed by atoms with Crippen LogP contribution in [0.2, 0.25) is 0 Å². The minimum absolute atomic E-state index is 0.277. The van der Waals surface area contributed by atoms with Crippen molar-refractivity contribution in [2.45, 2.75) is 38.8 Å². The molecule has 0 spiro atoms. The normalized spacial score (nSPS) is 20.9. The maximum Gasteiger partial charge on any atom is 0.266 e. The molecule has 16 heavy (non-hydrogen) atoms. The first-order valence-electron chi connectivity index (χ1n) is 5.83. The second-order valence-corrected chi connectivity index (χ2v) is 4.14. The van der Waals surface area contributed by atoms with E-state index in [4.69, 9.17) is 5.73 Å². The second-order valence-electron chi connectivity index (χ2n) is 4.14. The van der Waals surface area contributed by atoms with Gasteiger partial charge in [-0.15, -0.1) is 0 Å². The molecule has 1 aromatic rings. The Morgan fingerprint density at radius 1 is 1.69 bits per heavy atom. The largest absolute Gasteiger partial charge is 0.364 e. The summed E-state index contributed by atoms with van der Waals surface area (Å²) in [4.78, 5) is 11.2. The Balaban J connectivity index is 2.24. The summed E-state index contributed by atoms with van der Waals surface area (Å²) in [5, 5.41) is 7.84. The highest BCUT2D eigenvalue weighted by Gasteiger charge is 2.20. The van der Waals surface area contributed by atoms with Gasteiger partial charge < -0.3 is 11.1 Å². The predicted octanol–water partition coefficient (Wildman–Crippen LogP) is 0.817. The van der Waals surface area contributed by atoms with E-state index in [0.29, 0.717) is 12.2 Å². The fourth-order valence-corrected chi connectivity index (χ4v) is 2.15. The quantitative estimate of drug-likeness (QED) is 0.795. The van der Waals surface area contributed by atoms with Crippen molar-refractivity contribution in [1.82, 2.24) is 15.1 Å². The van der Waals surface area contributed by atoms with Crippen LogP contribution in [0.1, 0.15) is 48.4 Å². The lowest BCUT2D eigenvalue weighted by atomic mass is 10.0. The van der Waals surface area contributed by atoms with Gasteiger partial charge in [-0.05, 0) is 32.4 Å². The molecule has 0 saturated carbocycles. The second kappa shape index (κ2) is 4.65. The number of hydrogen-bond donors (Lipinski definition) is 2. The van der Waals surface area contributed by atoms with Gasteiger partial charge in [-0.2, -0.15) is 5.10 Å². The summed E-state index contributed by atoms with van der Waals surface area (Å²) in [7, 11) is 0. The first kappa shape index (κ1) is 11.1. The van der Waals surface area contributed by atoms with E-state index in [1.807, 2.05) is 13.0 Å². The van der Waals surface area contributed by atoms with Crippen LogP contribution < -0.4 is 11.1 Å². The van der Waals surface area contributed by atoms with Gasteiger partial charge in [0.15, 0.2) is 0 Å². The summed E-state index contributed by atoms with van der Waals surface area (Å²) in [6, 6.07) is 2.09. The highest BCUT2D eigenvalue weighted by molar-refractivity contribution is 5.91. The molecule has 2 rings (SSSR count). The maximum atomic E-state index is 11.2. The molecule has 88 valence electrons. The fourth-order valence-electron chi connectivity index (χ4n) is 2.15. The zero-order chi connectivity index (χ0) is 11.5. The summed E-state index contributed by atoms with van der Waals surface area (Å²) in [6.07, 6.45) is 3.51. The molecule has 0 aliphatic carbocycles. The van der Waals surface area contributed by atoms with Gasteiger partial charge in [-0.25, -0.2) is 0 Å². The van der Waals surface area contributed by atoms with Crippen molar-refractivity contribution >= 4 is 5.91 Å². The lowest BCUT2D eigenvalue weighted by molar-refractivity contribution is 0.0990. The van der Waals surface area contributed by atoms with Gasteiger partial charge in [0.1, 0.15) is 5.69 Å². The van der Waals surface area contributed by atoms with Crippen LogP contribution in [-0.4, -0.2) is 22.2 Å². The van der Waals surface area contributed by atoms with Gasteiger partial charge in [0.25, 0.3) is 5.91 Å². The van der Waals surface area contributed by atoms with Crippen LogP contribution in [0.5, 0.6) is 0 Å². The molecule has 0 aromatic carbocycles. The smallest absolute Gasteiger partial charge is 0.266 e. The predicted molar refractivity (Wildman–Crippen MR) is 61.0 cm³/mol. The highest BCUT2D eigenvalue weighted by atomic mass is 16.1. The molecule has 1 aliphatic rings. The number of carbonyl (C=O) groups excluding carboxylic acids is 1. The summed E-state index contributed by atoms with van der Waals surface area (Å²) >= 11 is 0. The van der Waals surface area contributed by atoms with E-state index in [1.165, 1.54) is 12.8 Å². The Hall–Kier alpha value is -1.36. The molecule has 5 heteroatoms. The highest BCUT2D eigenvalue weighted by Crippen LogP contribution is 2.22. The SMILES string of the molecule is CCn1nc([C@@H]2CCCCN2)cc1C(N)=O. The topological polar surface area (TPSA) is 72.9 Å². The van der Waals surface area contributed by atoms with Gasteiger partial charge in [0, 0.05) is 6.54 Å². The van der Waals surface area contributed by atoms with Crippen molar-refractivity contribution in [3.63, 3.8) is 0 Å². The van der Waals surface area contributed by atoms with Crippen molar-refractivity contribution in [1.29, 1.82) is 0 Å². The van der Waals surface area contributed by atoms with Crippen LogP contribution in [0.3, 0.4) is 0 Å². The third kappa shape index (κ3) is 2.09. The van der Waals surface area contributed by atoms with Crippen LogP contribution in [0.4, 0.5) is 0 Å². The van der Waals surface area contributed by atoms with Crippen molar-refractivity contribution in [3.05, 3.63) is 17.5 Å². The molecule has 1 saturated heterocycles. The molecule has 3 N–H and O–H groups in total. The first-order chi connectivity index (χ1) is 7.72. The molecule has 1 atom stereocenters. The van der Waals surface area contributed by atoms with Gasteiger partial charge in [0.05, 0.1) is 11.7 Å². The molecule has 1 fully saturated rings. The summed E-state index contributed by atoms with van der Waals surface area (Å²) in [5.74, 6) is -0.406. The lowest BCUT2D eigenvalue weighted by Gasteiger charge is -2.21. The number of rotatable bonds is 3. The van der Waals surface area contributed by atoms with Crippen molar-refractivity contribution < 1.29 is 4.79 Å². The zero-order valence-corrected chi connectivity index (χ0v) is 9.57. The molecule has 1 aliphatic heterocycles. The fraction of sp³-hybridized carbons (Fsp3) is 0.636. The third-order valence-corrected chi connectivity index (χ3v) is 3.02. The number of carbonyl (C=O) groups is 1. The number of amides is 1. The maximum absolute atomic E-state index is 11.2. The summed E-state index contributed by atoms with van der Waals surface area (Å²) < 4.78 is 1.67. The number of nitrogens with zero attached hydrogens (tertiary/aromatic N) is 2. The van der Waals surface area contributed by atoms with E-state index in [2.05, 4.69) is 10.4 Å².